The summed E-state index contributed by atoms with van der Waals surface area (Å²) < 4.78 is 10.5. The third kappa shape index (κ3) is 4.16. The number of ether oxygens (including phenoxy) is 2. The monoisotopic (exact) mass is 441 g/mol. The molecule has 8 heteroatoms. The van der Waals surface area contributed by atoms with Gasteiger partial charge in [0, 0.05) is 35.5 Å². The van der Waals surface area contributed by atoms with Crippen molar-refractivity contribution in [2.24, 2.45) is 10.9 Å². The standard InChI is InChI=1S/C23H24ClN3O4/c1-13-17(24)6-5-15-22(13)26-18-8-9-27(11-16(18)23(15)29)12-21(28)25-19-10-14(30-2)4-7-20(19)31-3/h4-7,10,16H,8-9,11-12H2,1-3H3,(H,25,28). The minimum Gasteiger partial charge on any atom is -0.497 e. The molecule has 1 fully saturated rings. The zero-order valence-electron chi connectivity index (χ0n) is 17.7. The van der Waals surface area contributed by atoms with E-state index in [0.717, 1.165) is 11.3 Å². The SMILES string of the molecule is COc1ccc(OC)c(NC(=O)CN2CCC3=Nc4c(ccc(Cl)c4C)C(=O)C3C2)c1. The van der Waals surface area contributed by atoms with Gasteiger partial charge in [0.05, 0.1) is 38.1 Å². The van der Waals surface area contributed by atoms with E-state index in [2.05, 4.69) is 5.32 Å². The summed E-state index contributed by atoms with van der Waals surface area (Å²) in [5.74, 6) is 0.700. The van der Waals surface area contributed by atoms with Gasteiger partial charge in [-0.05, 0) is 43.2 Å². The van der Waals surface area contributed by atoms with Crippen molar-refractivity contribution in [1.29, 1.82) is 0 Å². The van der Waals surface area contributed by atoms with E-state index in [4.69, 9.17) is 26.1 Å². The molecule has 2 aliphatic heterocycles. The first-order valence-corrected chi connectivity index (χ1v) is 10.4. The Morgan fingerprint density at radius 3 is 2.81 bits per heavy atom. The van der Waals surface area contributed by atoms with Crippen molar-refractivity contribution in [1.82, 2.24) is 4.90 Å². The van der Waals surface area contributed by atoms with E-state index in [1.165, 1.54) is 0 Å². The highest BCUT2D eigenvalue weighted by Gasteiger charge is 2.37. The lowest BCUT2D eigenvalue weighted by molar-refractivity contribution is -0.117. The van der Waals surface area contributed by atoms with Crippen LogP contribution in [0.5, 0.6) is 11.5 Å². The molecular weight excluding hydrogens is 418 g/mol. The van der Waals surface area contributed by atoms with Gasteiger partial charge in [-0.3, -0.25) is 19.5 Å². The predicted molar refractivity (Wildman–Crippen MR) is 120 cm³/mol. The van der Waals surface area contributed by atoms with Crippen LogP contribution in [0, 0.1) is 12.8 Å². The highest BCUT2D eigenvalue weighted by atomic mass is 35.5. The molecule has 1 unspecified atom stereocenters. The maximum absolute atomic E-state index is 13.1. The molecule has 2 aliphatic rings. The van der Waals surface area contributed by atoms with E-state index in [-0.39, 0.29) is 24.2 Å². The molecule has 1 atom stereocenters. The van der Waals surface area contributed by atoms with Crippen LogP contribution in [-0.2, 0) is 4.79 Å². The Hall–Kier alpha value is -2.90. The molecule has 0 spiro atoms. The summed E-state index contributed by atoms with van der Waals surface area (Å²) in [5, 5.41) is 3.49. The van der Waals surface area contributed by atoms with Crippen molar-refractivity contribution >= 4 is 40.4 Å². The van der Waals surface area contributed by atoms with Gasteiger partial charge in [-0.25, -0.2) is 0 Å². The van der Waals surface area contributed by atoms with E-state index in [1.807, 2.05) is 11.8 Å². The number of fused-ring (bicyclic) bond motifs is 2. The molecule has 4 rings (SSSR count). The van der Waals surface area contributed by atoms with Crippen molar-refractivity contribution in [2.75, 3.05) is 39.2 Å². The molecular formula is C23H24ClN3O4. The van der Waals surface area contributed by atoms with Crippen LogP contribution in [-0.4, -0.2) is 56.2 Å². The van der Waals surface area contributed by atoms with Gasteiger partial charge >= 0.3 is 0 Å². The van der Waals surface area contributed by atoms with Gasteiger partial charge in [0.2, 0.25) is 5.91 Å². The normalized spacial score (nSPS) is 18.0. The molecule has 2 heterocycles. The number of nitrogens with one attached hydrogen (secondary N) is 1. The van der Waals surface area contributed by atoms with Crippen LogP contribution in [0.1, 0.15) is 22.3 Å². The number of carbonyl (C=O) groups excluding carboxylic acids is 2. The predicted octanol–water partition coefficient (Wildman–Crippen LogP) is 3.90. The summed E-state index contributed by atoms with van der Waals surface area (Å²) in [6, 6.07) is 8.70. The fourth-order valence-corrected chi connectivity index (χ4v) is 4.22. The van der Waals surface area contributed by atoms with Crippen molar-refractivity contribution < 1.29 is 19.1 Å². The number of benzene rings is 2. The minimum atomic E-state index is -0.332. The number of hydrogen-bond acceptors (Lipinski definition) is 6. The van der Waals surface area contributed by atoms with Crippen LogP contribution >= 0.6 is 11.6 Å². The molecule has 162 valence electrons. The average molecular weight is 442 g/mol. The first-order valence-electron chi connectivity index (χ1n) is 10.1. The number of anilines is 1. The quantitative estimate of drug-likeness (QED) is 0.761. The Labute approximate surface area is 186 Å². The number of halogens is 1. The number of hydrogen-bond donors (Lipinski definition) is 1. The van der Waals surface area contributed by atoms with Crippen molar-refractivity contribution in [3.8, 4) is 11.5 Å². The molecule has 2 aromatic carbocycles. The van der Waals surface area contributed by atoms with E-state index < -0.39 is 0 Å². The molecule has 0 radical (unpaired) electrons. The molecule has 1 saturated heterocycles. The zero-order valence-corrected chi connectivity index (χ0v) is 18.5. The molecule has 2 aromatic rings. The van der Waals surface area contributed by atoms with E-state index >= 15 is 0 Å². The van der Waals surface area contributed by atoms with Crippen LogP contribution < -0.4 is 14.8 Å². The molecule has 0 aliphatic carbocycles. The number of nitrogens with zero attached hydrogens (tertiary/aromatic N) is 2. The van der Waals surface area contributed by atoms with Crippen LogP contribution in [0.2, 0.25) is 5.02 Å². The van der Waals surface area contributed by atoms with E-state index in [1.54, 1.807) is 44.6 Å². The lowest BCUT2D eigenvalue weighted by Crippen LogP contribution is -2.47. The van der Waals surface area contributed by atoms with Crippen LogP contribution in [0.4, 0.5) is 11.4 Å². The van der Waals surface area contributed by atoms with Crippen molar-refractivity contribution in [2.45, 2.75) is 13.3 Å². The average Bonchev–Trinajstić information content (AvgIpc) is 2.77. The van der Waals surface area contributed by atoms with Crippen LogP contribution in [0.15, 0.2) is 35.3 Å². The van der Waals surface area contributed by atoms with Gasteiger partial charge in [-0.15, -0.1) is 0 Å². The molecule has 1 amide bonds. The summed E-state index contributed by atoms with van der Waals surface area (Å²) >= 11 is 6.21. The molecule has 0 saturated carbocycles. The van der Waals surface area contributed by atoms with Gasteiger partial charge < -0.3 is 14.8 Å². The summed E-state index contributed by atoms with van der Waals surface area (Å²) in [6.07, 6.45) is 0.636. The van der Waals surface area contributed by atoms with Crippen molar-refractivity contribution in [3.05, 3.63) is 46.5 Å². The molecule has 0 aromatic heterocycles. The number of methoxy groups -OCH3 is 2. The molecule has 1 N–H and O–H groups in total. The second kappa shape index (κ2) is 8.69. The number of carbonyl (C=O) groups is 2. The Balaban J connectivity index is 1.46. The number of aliphatic imine (C=N–C) groups is 1. The second-order valence-electron chi connectivity index (χ2n) is 7.69. The second-order valence-corrected chi connectivity index (χ2v) is 8.10. The topological polar surface area (TPSA) is 80.2 Å². The summed E-state index contributed by atoms with van der Waals surface area (Å²) in [7, 11) is 3.11. The third-order valence-electron chi connectivity index (χ3n) is 5.78. The third-order valence-corrected chi connectivity index (χ3v) is 6.19. The number of Topliss-reactive ketones (excluding diaryl/α,β-unsaturated/α-hetero) is 1. The van der Waals surface area contributed by atoms with Crippen LogP contribution in [0.3, 0.4) is 0 Å². The maximum atomic E-state index is 13.1. The summed E-state index contributed by atoms with van der Waals surface area (Å²) in [5.41, 5.74) is 3.52. The number of amides is 1. The van der Waals surface area contributed by atoms with Gasteiger partial charge in [-0.2, -0.15) is 0 Å². The Kier molecular flexibility index (Phi) is 5.98. The Morgan fingerprint density at radius 1 is 1.26 bits per heavy atom. The zero-order chi connectivity index (χ0) is 22.1. The van der Waals surface area contributed by atoms with Gasteiger partial charge in [0.1, 0.15) is 11.5 Å². The van der Waals surface area contributed by atoms with E-state index in [0.29, 0.717) is 53.0 Å². The van der Waals surface area contributed by atoms with Gasteiger partial charge in [0.25, 0.3) is 0 Å². The largest absolute Gasteiger partial charge is 0.497 e. The number of piperidine rings is 1. The minimum absolute atomic E-state index is 0.0411. The van der Waals surface area contributed by atoms with Crippen LogP contribution in [0.25, 0.3) is 0 Å². The fraction of sp³-hybridized carbons (Fsp3) is 0.348. The Morgan fingerprint density at radius 2 is 2.06 bits per heavy atom. The van der Waals surface area contributed by atoms with Gasteiger partial charge in [-0.1, -0.05) is 11.6 Å². The highest BCUT2D eigenvalue weighted by Crippen LogP contribution is 2.37. The first-order chi connectivity index (χ1) is 14.9. The smallest absolute Gasteiger partial charge is 0.238 e. The molecule has 31 heavy (non-hydrogen) atoms. The highest BCUT2D eigenvalue weighted by molar-refractivity contribution is 6.32. The first kappa shape index (κ1) is 21.3. The van der Waals surface area contributed by atoms with E-state index in [9.17, 15) is 9.59 Å². The number of rotatable bonds is 5. The fourth-order valence-electron chi connectivity index (χ4n) is 4.07. The lowest BCUT2D eigenvalue weighted by Gasteiger charge is -2.35. The number of ketones is 1. The molecule has 7 nitrogen and oxygen atoms in total. The Bertz CT molecular complexity index is 1080. The summed E-state index contributed by atoms with van der Waals surface area (Å²) in [4.78, 5) is 32.5. The van der Waals surface area contributed by atoms with Crippen molar-refractivity contribution in [3.63, 3.8) is 0 Å². The van der Waals surface area contributed by atoms with Gasteiger partial charge in [0.15, 0.2) is 5.78 Å². The lowest BCUT2D eigenvalue weighted by atomic mass is 9.84. The number of likely N-dealkylation sites (tertiary alicyclic amines) is 1. The molecule has 0 bridgehead atoms. The maximum Gasteiger partial charge on any atom is 0.238 e. The summed E-state index contributed by atoms with van der Waals surface area (Å²) in [6.45, 7) is 3.16.